The van der Waals surface area contributed by atoms with E-state index >= 15 is 0 Å². The summed E-state index contributed by atoms with van der Waals surface area (Å²) >= 11 is 6.42. The number of nitrogens with zero attached hydrogens (tertiary/aromatic N) is 4. The van der Waals surface area contributed by atoms with Gasteiger partial charge < -0.3 is 29.7 Å². The third-order valence-electron chi connectivity index (χ3n) is 6.47. The van der Waals surface area contributed by atoms with Crippen LogP contribution in [0.4, 0.5) is 20.3 Å². The number of quaternary nitrogens is 1. The Bertz CT molecular complexity index is 1570. The van der Waals surface area contributed by atoms with Crippen molar-refractivity contribution in [1.29, 1.82) is 0 Å². The zero-order chi connectivity index (χ0) is 31.6. The molecule has 0 saturated carbocycles. The van der Waals surface area contributed by atoms with Crippen molar-refractivity contribution in [1.82, 2.24) is 19.7 Å². The largest absolute Gasteiger partial charge is 0.494 e. The van der Waals surface area contributed by atoms with Crippen molar-refractivity contribution >= 4 is 41.1 Å². The summed E-state index contributed by atoms with van der Waals surface area (Å²) in [6.07, 6.45) is 5.28. The first-order chi connectivity index (χ1) is 20.6. The maximum Gasteiger partial charge on any atom is 0.292 e. The van der Waals surface area contributed by atoms with E-state index in [9.17, 15) is 13.6 Å². The predicted octanol–water partition coefficient (Wildman–Crippen LogP) is 4.06. The average Bonchev–Trinajstić information content (AvgIpc) is 3.42. The van der Waals surface area contributed by atoms with Crippen LogP contribution in [-0.2, 0) is 9.53 Å². The molecule has 0 aliphatic heterocycles. The summed E-state index contributed by atoms with van der Waals surface area (Å²) in [4.78, 5) is 30.3. The molecular weight excluding hydrogens is 586 g/mol. The molecule has 0 fully saturated rings. The maximum absolute atomic E-state index is 14.7. The number of imidazole rings is 1. The van der Waals surface area contributed by atoms with Gasteiger partial charge >= 0.3 is 0 Å². The molecule has 14 heteroatoms. The van der Waals surface area contributed by atoms with Crippen LogP contribution >= 0.6 is 11.6 Å². The third-order valence-corrected chi connectivity index (χ3v) is 6.79. The minimum absolute atomic E-state index is 0.0206. The number of likely N-dealkylation sites (N-methyl/N-ethyl adjacent to an activating group) is 1. The number of benzene rings is 2. The summed E-state index contributed by atoms with van der Waals surface area (Å²) in [5, 5.41) is 15.4. The summed E-state index contributed by atoms with van der Waals surface area (Å²) < 4.78 is 40.0. The highest BCUT2D eigenvalue weighted by Gasteiger charge is 2.20. The van der Waals surface area contributed by atoms with E-state index in [2.05, 4.69) is 25.3 Å². The number of nitrogens with one attached hydrogen (secondary N) is 2. The molecular formula is C29H34ClF2N6O5+. The van der Waals surface area contributed by atoms with Crippen LogP contribution < -0.4 is 15.4 Å². The first-order valence-corrected chi connectivity index (χ1v) is 13.5. The highest BCUT2D eigenvalue weighted by molar-refractivity contribution is 6.34. The Balaban J connectivity index is 0.00000119. The van der Waals surface area contributed by atoms with Crippen LogP contribution in [-0.4, -0.2) is 90.9 Å². The highest BCUT2D eigenvalue weighted by Crippen LogP contribution is 2.32. The van der Waals surface area contributed by atoms with E-state index in [1.807, 2.05) is 14.1 Å². The predicted molar refractivity (Wildman–Crippen MR) is 159 cm³/mol. The zero-order valence-corrected chi connectivity index (χ0v) is 25.0. The van der Waals surface area contributed by atoms with Gasteiger partial charge in [0.2, 0.25) is 5.82 Å². The second kappa shape index (κ2) is 15.2. The number of aliphatic hydroxyl groups is 1. The van der Waals surface area contributed by atoms with Crippen molar-refractivity contribution in [2.24, 2.45) is 0 Å². The van der Waals surface area contributed by atoms with Crippen molar-refractivity contribution in [2.45, 2.75) is 6.42 Å². The van der Waals surface area contributed by atoms with Crippen LogP contribution in [0.25, 0.3) is 16.9 Å². The topological polar surface area (TPSA) is 127 Å². The number of methoxy groups -OCH3 is 2. The first-order valence-electron chi connectivity index (χ1n) is 13.1. The van der Waals surface area contributed by atoms with Crippen LogP contribution in [0.5, 0.6) is 5.75 Å². The van der Waals surface area contributed by atoms with Crippen molar-refractivity contribution in [3.05, 3.63) is 71.1 Å². The van der Waals surface area contributed by atoms with Crippen molar-refractivity contribution in [3.8, 4) is 17.0 Å². The fourth-order valence-corrected chi connectivity index (χ4v) is 4.46. The average molecular weight is 620 g/mol. The van der Waals surface area contributed by atoms with Gasteiger partial charge in [-0.1, -0.05) is 11.6 Å². The van der Waals surface area contributed by atoms with Crippen LogP contribution in [0.3, 0.4) is 0 Å². The molecule has 2 aromatic carbocycles. The Kier molecular flexibility index (Phi) is 11.8. The number of hydrogen-bond donors (Lipinski definition) is 3. The Morgan fingerprint density at radius 3 is 2.53 bits per heavy atom. The molecule has 0 aliphatic rings. The Labute approximate surface area is 252 Å². The monoisotopic (exact) mass is 619 g/mol. The summed E-state index contributed by atoms with van der Waals surface area (Å²) in [5.74, 6) is -2.25. The molecule has 2 aromatic heterocycles. The van der Waals surface area contributed by atoms with Gasteiger partial charge in [-0.25, -0.2) is 14.4 Å². The number of aliphatic hydroxyl groups excluding tert-OH is 1. The zero-order valence-electron chi connectivity index (χ0n) is 24.2. The number of amides is 1. The van der Waals surface area contributed by atoms with E-state index in [1.54, 1.807) is 28.8 Å². The number of hydrogen-bond acceptors (Lipinski definition) is 8. The molecule has 4 aromatic rings. The summed E-state index contributed by atoms with van der Waals surface area (Å²) in [6, 6.07) is 7.68. The Hall–Kier alpha value is -4.33. The maximum atomic E-state index is 14.7. The Morgan fingerprint density at radius 2 is 1.88 bits per heavy atom. The molecule has 43 heavy (non-hydrogen) atoms. The van der Waals surface area contributed by atoms with Crippen LogP contribution in [0.2, 0.25) is 5.02 Å². The number of ether oxygens (including phenoxy) is 2. The molecule has 11 nitrogen and oxygen atoms in total. The smallest absolute Gasteiger partial charge is 0.292 e. The lowest BCUT2D eigenvalue weighted by Crippen LogP contribution is -2.43. The van der Waals surface area contributed by atoms with Gasteiger partial charge in [-0.2, -0.15) is 4.39 Å². The van der Waals surface area contributed by atoms with Crippen molar-refractivity contribution < 1.29 is 37.4 Å². The summed E-state index contributed by atoms with van der Waals surface area (Å²) in [6.45, 7) is 2.43. The van der Waals surface area contributed by atoms with Gasteiger partial charge in [-0.05, 0) is 30.3 Å². The second-order valence-corrected chi connectivity index (χ2v) is 10.3. The molecule has 0 unspecified atom stereocenters. The standard InChI is InChI=1S/C27H29ClF2N6O3.C2H4O2/c1-36(2,13-14-37)12-4-9-32-27(38)18-6-5-17(15-20(18)28)34-25-26-33-16-21(35(26)11-10-31-25)19-7-8-22(39-3)24(30)23(19)29;1-4-2-3/h5-8,10-11,15-16,37H,4,9,12-14H2,1-3H3,(H-,31,32,34,38);2H,1H3/p+1. The molecule has 0 bridgehead atoms. The number of halogens is 3. The van der Waals surface area contributed by atoms with Gasteiger partial charge in [-0.15, -0.1) is 0 Å². The van der Waals surface area contributed by atoms with E-state index in [1.165, 1.54) is 38.7 Å². The van der Waals surface area contributed by atoms with Crippen molar-refractivity contribution in [3.63, 3.8) is 0 Å². The quantitative estimate of drug-likeness (QED) is 0.123. The summed E-state index contributed by atoms with van der Waals surface area (Å²) in [5.41, 5.74) is 1.62. The molecule has 0 saturated heterocycles. The molecule has 0 aliphatic carbocycles. The van der Waals surface area contributed by atoms with Gasteiger partial charge in [0.15, 0.2) is 23.0 Å². The van der Waals surface area contributed by atoms with Crippen LogP contribution in [0.15, 0.2) is 48.9 Å². The van der Waals surface area contributed by atoms with E-state index in [4.69, 9.17) is 26.2 Å². The van der Waals surface area contributed by atoms with E-state index in [0.29, 0.717) is 52.5 Å². The van der Waals surface area contributed by atoms with Gasteiger partial charge in [0.05, 0.1) is 63.9 Å². The first kappa shape index (κ1) is 33.2. The number of rotatable bonds is 12. The van der Waals surface area contributed by atoms with Gasteiger partial charge in [0, 0.05) is 36.6 Å². The minimum atomic E-state index is -1.08. The minimum Gasteiger partial charge on any atom is -0.494 e. The molecule has 1 amide bonds. The van der Waals surface area contributed by atoms with Gasteiger partial charge in [0.25, 0.3) is 12.4 Å². The van der Waals surface area contributed by atoms with Crippen molar-refractivity contribution in [2.75, 3.05) is 59.9 Å². The molecule has 2 heterocycles. The second-order valence-electron chi connectivity index (χ2n) is 9.92. The number of carbonyl (C=O) groups is 2. The number of carbonyl (C=O) groups excluding carboxylic acids is 2. The molecule has 0 radical (unpaired) electrons. The molecule has 230 valence electrons. The highest BCUT2D eigenvalue weighted by atomic mass is 35.5. The van der Waals surface area contributed by atoms with Crippen LogP contribution in [0.1, 0.15) is 16.8 Å². The number of anilines is 2. The SMILES string of the molecule is COC=O.COc1ccc(-c2cnc3c(Nc4ccc(C(=O)NCCC[N+](C)(C)CCO)c(Cl)c4)nccn23)c(F)c1F. The van der Waals surface area contributed by atoms with E-state index in [-0.39, 0.29) is 28.8 Å². The van der Waals surface area contributed by atoms with Gasteiger partial charge in [-0.3, -0.25) is 14.0 Å². The number of aromatic nitrogens is 3. The fraction of sp³-hybridized carbons (Fsp3) is 0.310. The molecule has 3 N–H and O–H groups in total. The molecule has 0 atom stereocenters. The third kappa shape index (κ3) is 8.37. The van der Waals surface area contributed by atoms with Gasteiger partial charge in [0.1, 0.15) is 6.54 Å². The van der Waals surface area contributed by atoms with E-state index < -0.39 is 11.6 Å². The lowest BCUT2D eigenvalue weighted by atomic mass is 10.1. The lowest BCUT2D eigenvalue weighted by Gasteiger charge is -2.28. The molecule has 0 spiro atoms. The lowest BCUT2D eigenvalue weighted by molar-refractivity contribution is -0.890. The normalized spacial score (nSPS) is 11.0. The number of fused-ring (bicyclic) bond motifs is 1. The van der Waals surface area contributed by atoms with Crippen LogP contribution in [0, 0.1) is 11.6 Å². The van der Waals surface area contributed by atoms with E-state index in [0.717, 1.165) is 13.0 Å². The molecule has 4 rings (SSSR count). The summed E-state index contributed by atoms with van der Waals surface area (Å²) in [7, 11) is 6.63. The fourth-order valence-electron chi connectivity index (χ4n) is 4.19. The Morgan fingerprint density at radius 1 is 1.14 bits per heavy atom.